The summed E-state index contributed by atoms with van der Waals surface area (Å²) in [6, 6.07) is 0. The normalized spacial score (nSPS) is 27.0. The summed E-state index contributed by atoms with van der Waals surface area (Å²) >= 11 is 0. The number of unbranched alkanes of at least 4 members (excludes halogenated alkanes) is 5. The molecule has 2 aliphatic rings. The number of carbonyl (C=O) groups excluding carboxylic acids is 1. The smallest absolute Gasteiger partial charge is 0.333 e. The summed E-state index contributed by atoms with van der Waals surface area (Å²) in [7, 11) is 0. The Labute approximate surface area is 129 Å². The first-order valence-electron chi connectivity index (χ1n) is 8.65. The lowest BCUT2D eigenvalue weighted by Gasteiger charge is -2.18. The number of hydrogen-bond acceptors (Lipinski definition) is 3. The molecular weight excluding hydrogens is 264 g/mol. The Balaban J connectivity index is 1.34. The predicted octanol–water partition coefficient (Wildman–Crippen LogP) is 4.40. The summed E-state index contributed by atoms with van der Waals surface area (Å²) in [4.78, 5) is 11.2. The van der Waals surface area contributed by atoms with Gasteiger partial charge >= 0.3 is 5.97 Å². The first-order valence-corrected chi connectivity index (χ1v) is 8.65. The molecule has 3 atom stereocenters. The number of ether oxygens (including phenoxy) is 2. The maximum Gasteiger partial charge on any atom is 0.333 e. The van der Waals surface area contributed by atoms with Crippen LogP contribution in [0.25, 0.3) is 0 Å². The van der Waals surface area contributed by atoms with E-state index in [1.807, 2.05) is 0 Å². The highest BCUT2D eigenvalue weighted by Crippen LogP contribution is 2.41. The molecule has 3 unspecified atom stereocenters. The zero-order chi connectivity index (χ0) is 15.1. The minimum atomic E-state index is -0.260. The van der Waals surface area contributed by atoms with Crippen molar-refractivity contribution in [2.75, 3.05) is 6.61 Å². The van der Waals surface area contributed by atoms with Gasteiger partial charge in [-0.25, -0.2) is 4.79 Å². The Hall–Kier alpha value is -0.830. The minimum absolute atomic E-state index is 0.260. The van der Waals surface area contributed by atoms with Gasteiger partial charge < -0.3 is 9.47 Å². The number of esters is 1. The van der Waals surface area contributed by atoms with Gasteiger partial charge in [0.25, 0.3) is 0 Å². The van der Waals surface area contributed by atoms with Crippen LogP contribution in [0.4, 0.5) is 0 Å². The summed E-state index contributed by atoms with van der Waals surface area (Å²) in [6.45, 7) is 5.79. The monoisotopic (exact) mass is 294 g/mol. The van der Waals surface area contributed by atoms with Gasteiger partial charge in [0.2, 0.25) is 0 Å². The van der Waals surface area contributed by atoms with Gasteiger partial charge in [0, 0.05) is 5.57 Å². The molecule has 120 valence electrons. The van der Waals surface area contributed by atoms with E-state index >= 15 is 0 Å². The van der Waals surface area contributed by atoms with E-state index < -0.39 is 0 Å². The fourth-order valence-electron chi connectivity index (χ4n) is 3.28. The lowest BCUT2D eigenvalue weighted by molar-refractivity contribution is -0.139. The van der Waals surface area contributed by atoms with Gasteiger partial charge in [-0.3, -0.25) is 0 Å². The second-order valence-corrected chi connectivity index (χ2v) is 6.72. The van der Waals surface area contributed by atoms with E-state index in [0.717, 1.165) is 18.8 Å². The minimum Gasteiger partial charge on any atom is -0.462 e. The summed E-state index contributed by atoms with van der Waals surface area (Å²) in [5.74, 6) is 0.666. The Morgan fingerprint density at radius 1 is 1.10 bits per heavy atom. The zero-order valence-corrected chi connectivity index (χ0v) is 13.4. The van der Waals surface area contributed by atoms with Crippen LogP contribution < -0.4 is 0 Å². The van der Waals surface area contributed by atoms with Crippen LogP contribution in [-0.2, 0) is 14.3 Å². The molecule has 0 amide bonds. The van der Waals surface area contributed by atoms with Crippen molar-refractivity contribution in [3.63, 3.8) is 0 Å². The Morgan fingerprint density at radius 3 is 2.52 bits per heavy atom. The molecule has 0 aromatic heterocycles. The second kappa shape index (κ2) is 8.57. The quantitative estimate of drug-likeness (QED) is 0.259. The van der Waals surface area contributed by atoms with Gasteiger partial charge in [-0.1, -0.05) is 45.1 Å². The van der Waals surface area contributed by atoms with Crippen molar-refractivity contribution in [2.24, 2.45) is 5.92 Å². The van der Waals surface area contributed by atoms with Crippen LogP contribution in [0.2, 0.25) is 0 Å². The molecule has 1 heterocycles. The third-order valence-corrected chi connectivity index (χ3v) is 4.70. The maximum atomic E-state index is 11.2. The van der Waals surface area contributed by atoms with Crippen LogP contribution in [0.1, 0.15) is 71.1 Å². The van der Waals surface area contributed by atoms with Gasteiger partial charge in [0.15, 0.2) is 0 Å². The predicted molar refractivity (Wildman–Crippen MR) is 84.1 cm³/mol. The van der Waals surface area contributed by atoms with Crippen LogP contribution in [0, 0.1) is 5.92 Å². The maximum absolute atomic E-state index is 11.2. The molecule has 0 N–H and O–H groups in total. The first kappa shape index (κ1) is 16.5. The Kier molecular flexibility index (Phi) is 6.75. The van der Waals surface area contributed by atoms with Crippen molar-refractivity contribution in [3.05, 3.63) is 12.2 Å². The summed E-state index contributed by atoms with van der Waals surface area (Å²) in [6.07, 6.45) is 14.1. The fraction of sp³-hybridized carbons (Fsp3) is 0.833. The van der Waals surface area contributed by atoms with Gasteiger partial charge in [-0.05, 0) is 38.5 Å². The molecule has 3 nitrogen and oxygen atoms in total. The second-order valence-electron chi connectivity index (χ2n) is 6.72. The molecule has 0 bridgehead atoms. The molecule has 21 heavy (non-hydrogen) atoms. The number of rotatable bonds is 10. The molecule has 0 aromatic carbocycles. The van der Waals surface area contributed by atoms with Crippen LogP contribution in [0.5, 0.6) is 0 Å². The van der Waals surface area contributed by atoms with Gasteiger partial charge in [0.05, 0.1) is 18.8 Å². The van der Waals surface area contributed by atoms with E-state index in [1.165, 1.54) is 51.4 Å². The SMILES string of the molecule is C=C(C)C(=O)OCCCCCCCCC1CCC2OC2C1. The molecule has 1 saturated carbocycles. The molecule has 2 fully saturated rings. The third-order valence-electron chi connectivity index (χ3n) is 4.70. The molecule has 0 spiro atoms. The first-order chi connectivity index (χ1) is 10.2. The molecule has 1 aliphatic heterocycles. The molecule has 3 heteroatoms. The van der Waals surface area contributed by atoms with Crippen molar-refractivity contribution in [1.29, 1.82) is 0 Å². The van der Waals surface area contributed by atoms with Crippen molar-refractivity contribution in [1.82, 2.24) is 0 Å². The van der Waals surface area contributed by atoms with E-state index in [-0.39, 0.29) is 5.97 Å². The lowest BCUT2D eigenvalue weighted by atomic mass is 9.85. The van der Waals surface area contributed by atoms with Crippen LogP contribution in [0.15, 0.2) is 12.2 Å². The van der Waals surface area contributed by atoms with E-state index in [4.69, 9.17) is 9.47 Å². The molecule has 1 aliphatic carbocycles. The summed E-state index contributed by atoms with van der Waals surface area (Å²) in [5.41, 5.74) is 0.487. The molecule has 1 saturated heterocycles. The molecular formula is C18H30O3. The van der Waals surface area contributed by atoms with Crippen molar-refractivity contribution < 1.29 is 14.3 Å². The van der Waals surface area contributed by atoms with Crippen molar-refractivity contribution in [2.45, 2.75) is 83.3 Å². The molecule has 0 aromatic rings. The van der Waals surface area contributed by atoms with E-state index in [2.05, 4.69) is 6.58 Å². The van der Waals surface area contributed by atoms with E-state index in [0.29, 0.717) is 24.4 Å². The number of epoxide rings is 1. The van der Waals surface area contributed by atoms with E-state index in [9.17, 15) is 4.79 Å². The van der Waals surface area contributed by atoms with Crippen LogP contribution in [-0.4, -0.2) is 24.8 Å². The summed E-state index contributed by atoms with van der Waals surface area (Å²) < 4.78 is 10.7. The standard InChI is InChI=1S/C18H30O3/c1-14(2)18(19)20-12-8-6-4-3-5-7-9-15-10-11-16-17(13-15)21-16/h15-17H,1,3-13H2,2H3. The van der Waals surface area contributed by atoms with E-state index in [1.54, 1.807) is 6.92 Å². The Morgan fingerprint density at radius 2 is 1.81 bits per heavy atom. The number of fused-ring (bicyclic) bond motifs is 1. The van der Waals surface area contributed by atoms with Gasteiger partial charge in [0.1, 0.15) is 0 Å². The number of carbonyl (C=O) groups is 1. The average Bonchev–Trinajstić information content (AvgIpc) is 3.23. The van der Waals surface area contributed by atoms with Crippen LogP contribution >= 0.6 is 0 Å². The van der Waals surface area contributed by atoms with Crippen molar-refractivity contribution in [3.8, 4) is 0 Å². The molecule has 0 radical (unpaired) electrons. The third kappa shape index (κ3) is 6.21. The van der Waals surface area contributed by atoms with Crippen molar-refractivity contribution >= 4 is 5.97 Å². The zero-order valence-electron chi connectivity index (χ0n) is 13.4. The highest BCUT2D eigenvalue weighted by Gasteiger charge is 2.43. The highest BCUT2D eigenvalue weighted by atomic mass is 16.6. The highest BCUT2D eigenvalue weighted by molar-refractivity contribution is 5.86. The fourth-order valence-corrected chi connectivity index (χ4v) is 3.28. The lowest BCUT2D eigenvalue weighted by Crippen LogP contribution is -2.13. The van der Waals surface area contributed by atoms with Crippen LogP contribution in [0.3, 0.4) is 0 Å². The number of hydrogen-bond donors (Lipinski definition) is 0. The average molecular weight is 294 g/mol. The molecule has 2 rings (SSSR count). The summed E-state index contributed by atoms with van der Waals surface area (Å²) in [5, 5.41) is 0. The largest absolute Gasteiger partial charge is 0.462 e. The van der Waals surface area contributed by atoms with Gasteiger partial charge in [-0.2, -0.15) is 0 Å². The Bertz CT molecular complexity index is 350. The van der Waals surface area contributed by atoms with Gasteiger partial charge in [-0.15, -0.1) is 0 Å². The topological polar surface area (TPSA) is 38.8 Å².